The lowest BCUT2D eigenvalue weighted by Gasteiger charge is -2.37. The van der Waals surface area contributed by atoms with E-state index in [1.54, 1.807) is 0 Å². The van der Waals surface area contributed by atoms with E-state index in [1.807, 2.05) is 5.06 Å². The number of rotatable bonds is 4. The minimum absolute atomic E-state index is 0.231. The number of fused-ring (bicyclic) bond motifs is 3. The summed E-state index contributed by atoms with van der Waals surface area (Å²) in [6.45, 7) is 1.90. The molecule has 9 heteroatoms. The van der Waals surface area contributed by atoms with Gasteiger partial charge in [0.2, 0.25) is 0 Å². The number of alkyl halides is 3. The lowest BCUT2D eigenvalue weighted by atomic mass is 10.2. The number of H-pyrrole nitrogens is 1. The maximum absolute atomic E-state index is 12.4. The summed E-state index contributed by atoms with van der Waals surface area (Å²) in [4.78, 5) is 8.27. The van der Waals surface area contributed by atoms with E-state index in [1.165, 1.54) is 31.0 Å². The molecular formula is C16H19F3N4O2. The lowest BCUT2D eigenvalue weighted by molar-refractivity contribution is -0.274. The predicted octanol–water partition coefficient (Wildman–Crippen LogP) is 2.67. The number of hydroxylamine groups is 2. The molecule has 0 radical (unpaired) electrons. The number of ether oxygens (including phenoxy) is 1. The van der Waals surface area contributed by atoms with Crippen molar-refractivity contribution in [1.29, 1.82) is 0 Å². The Morgan fingerprint density at radius 1 is 1.24 bits per heavy atom. The Morgan fingerprint density at radius 3 is 2.64 bits per heavy atom. The number of benzene rings is 1. The Labute approximate surface area is 142 Å². The maximum Gasteiger partial charge on any atom is 0.573 e. The fourth-order valence-corrected chi connectivity index (χ4v) is 3.69. The van der Waals surface area contributed by atoms with Crippen LogP contribution < -0.4 is 4.74 Å². The van der Waals surface area contributed by atoms with E-state index in [0.29, 0.717) is 28.7 Å². The van der Waals surface area contributed by atoms with Gasteiger partial charge in [-0.2, -0.15) is 10.2 Å². The van der Waals surface area contributed by atoms with Crippen LogP contribution in [0, 0.1) is 0 Å². The molecule has 4 rings (SSSR count). The average molecular weight is 356 g/mol. The van der Waals surface area contributed by atoms with E-state index in [2.05, 4.69) is 26.9 Å². The van der Waals surface area contributed by atoms with Gasteiger partial charge in [-0.1, -0.05) is 0 Å². The van der Waals surface area contributed by atoms with Crippen LogP contribution in [-0.4, -0.2) is 58.7 Å². The Hall–Kier alpha value is -1.84. The molecule has 136 valence electrons. The van der Waals surface area contributed by atoms with Gasteiger partial charge in [-0.3, -0.25) is 14.8 Å². The third kappa shape index (κ3) is 3.44. The van der Waals surface area contributed by atoms with Crippen molar-refractivity contribution in [3.05, 3.63) is 23.9 Å². The molecule has 2 aromatic rings. The average Bonchev–Trinajstić information content (AvgIpc) is 3.00. The van der Waals surface area contributed by atoms with Crippen LogP contribution in [-0.2, 0) is 11.4 Å². The molecule has 6 nitrogen and oxygen atoms in total. The van der Waals surface area contributed by atoms with E-state index in [9.17, 15) is 13.2 Å². The molecule has 3 heterocycles. The van der Waals surface area contributed by atoms with Crippen LogP contribution in [0.5, 0.6) is 5.75 Å². The summed E-state index contributed by atoms with van der Waals surface area (Å²) in [6.07, 6.45) is -2.37. The fraction of sp³-hybridized carbons (Fsp3) is 0.562. The first-order valence-corrected chi connectivity index (χ1v) is 8.21. The third-order valence-corrected chi connectivity index (χ3v) is 5.04. The first kappa shape index (κ1) is 16.6. The van der Waals surface area contributed by atoms with E-state index >= 15 is 0 Å². The molecule has 2 saturated heterocycles. The quantitative estimate of drug-likeness (QED) is 0.913. The van der Waals surface area contributed by atoms with Crippen molar-refractivity contribution < 1.29 is 22.7 Å². The lowest BCUT2D eigenvalue weighted by Crippen LogP contribution is -2.51. The van der Waals surface area contributed by atoms with Gasteiger partial charge in [0.25, 0.3) is 0 Å². The Kier molecular flexibility index (Phi) is 4.09. The normalized spacial score (nSPS) is 25.0. The van der Waals surface area contributed by atoms with Crippen LogP contribution in [0.1, 0.15) is 18.5 Å². The Bertz CT molecular complexity index is 749. The molecule has 2 aliphatic heterocycles. The maximum atomic E-state index is 12.4. The molecule has 0 saturated carbocycles. The number of likely N-dealkylation sites (N-methyl/N-ethyl adjacent to an activating group) is 1. The van der Waals surface area contributed by atoms with E-state index < -0.39 is 6.36 Å². The second-order valence-electron chi connectivity index (χ2n) is 6.60. The Morgan fingerprint density at radius 2 is 1.96 bits per heavy atom. The summed E-state index contributed by atoms with van der Waals surface area (Å²) in [5, 5.41) is 9.46. The third-order valence-electron chi connectivity index (χ3n) is 5.04. The smallest absolute Gasteiger partial charge is 0.406 e. The Balaban J connectivity index is 1.45. The van der Waals surface area contributed by atoms with E-state index in [0.717, 1.165) is 13.1 Å². The van der Waals surface area contributed by atoms with Gasteiger partial charge in [0.05, 0.1) is 11.2 Å². The summed E-state index contributed by atoms with van der Waals surface area (Å²) in [7, 11) is 2.14. The monoisotopic (exact) mass is 356 g/mol. The van der Waals surface area contributed by atoms with Gasteiger partial charge in [0.1, 0.15) is 12.4 Å². The largest absolute Gasteiger partial charge is 0.573 e. The van der Waals surface area contributed by atoms with E-state index in [-0.39, 0.29) is 12.4 Å². The molecule has 25 heavy (non-hydrogen) atoms. The molecule has 2 bridgehead atoms. The molecule has 2 unspecified atom stereocenters. The van der Waals surface area contributed by atoms with Crippen molar-refractivity contribution in [2.24, 2.45) is 0 Å². The van der Waals surface area contributed by atoms with Crippen LogP contribution in [0.4, 0.5) is 13.2 Å². The van der Waals surface area contributed by atoms with Gasteiger partial charge >= 0.3 is 6.36 Å². The summed E-state index contributed by atoms with van der Waals surface area (Å²) in [5.41, 5.74) is 1.21. The summed E-state index contributed by atoms with van der Waals surface area (Å²) >= 11 is 0. The number of hydrogen-bond acceptors (Lipinski definition) is 5. The standard InChI is InChI=1S/C16H19F3N4O2/c1-22-10-2-3-11(22)8-23(7-10)24-9-15-13-6-12(25-16(17,18)19)4-5-14(13)20-21-15/h4-6,10-11H,2-3,7-9H2,1H3,(H,20,21). The van der Waals surface area contributed by atoms with Gasteiger partial charge in [-0.25, -0.2) is 0 Å². The van der Waals surface area contributed by atoms with Gasteiger partial charge in [0.15, 0.2) is 0 Å². The molecule has 0 amide bonds. The molecule has 2 fully saturated rings. The highest BCUT2D eigenvalue weighted by molar-refractivity contribution is 5.82. The van der Waals surface area contributed by atoms with Gasteiger partial charge < -0.3 is 4.74 Å². The molecule has 0 spiro atoms. The fourth-order valence-electron chi connectivity index (χ4n) is 3.69. The number of hydrogen-bond donors (Lipinski definition) is 1. The zero-order valence-corrected chi connectivity index (χ0v) is 13.7. The van der Waals surface area contributed by atoms with Gasteiger partial charge in [-0.05, 0) is 38.1 Å². The zero-order chi connectivity index (χ0) is 17.6. The second-order valence-corrected chi connectivity index (χ2v) is 6.60. The number of nitrogens with zero attached hydrogens (tertiary/aromatic N) is 3. The summed E-state index contributed by atoms with van der Waals surface area (Å²) in [5.74, 6) is -0.264. The molecule has 1 N–H and O–H groups in total. The molecule has 0 aliphatic carbocycles. The van der Waals surface area contributed by atoms with Crippen molar-refractivity contribution >= 4 is 10.9 Å². The van der Waals surface area contributed by atoms with Crippen molar-refractivity contribution in [3.8, 4) is 5.75 Å². The van der Waals surface area contributed by atoms with Crippen LogP contribution in [0.15, 0.2) is 18.2 Å². The number of nitrogens with one attached hydrogen (secondary N) is 1. The predicted molar refractivity (Wildman–Crippen MR) is 83.7 cm³/mol. The van der Waals surface area contributed by atoms with Crippen LogP contribution in [0.3, 0.4) is 0 Å². The van der Waals surface area contributed by atoms with Gasteiger partial charge in [0, 0.05) is 30.6 Å². The first-order valence-electron chi connectivity index (χ1n) is 8.21. The molecular weight excluding hydrogens is 337 g/mol. The van der Waals surface area contributed by atoms with Crippen molar-refractivity contribution in [3.63, 3.8) is 0 Å². The van der Waals surface area contributed by atoms with Crippen LogP contribution in [0.25, 0.3) is 10.9 Å². The molecule has 1 aromatic heterocycles. The van der Waals surface area contributed by atoms with Crippen molar-refractivity contribution in [1.82, 2.24) is 20.2 Å². The highest BCUT2D eigenvalue weighted by Crippen LogP contribution is 2.30. The topological polar surface area (TPSA) is 53.6 Å². The molecule has 2 atom stereocenters. The second kappa shape index (κ2) is 6.15. The summed E-state index contributed by atoms with van der Waals surface area (Å²) in [6, 6.07) is 5.08. The number of halogens is 3. The minimum Gasteiger partial charge on any atom is -0.406 e. The van der Waals surface area contributed by atoms with Crippen molar-refractivity contribution in [2.45, 2.75) is 37.9 Å². The van der Waals surface area contributed by atoms with Gasteiger partial charge in [-0.15, -0.1) is 13.2 Å². The van der Waals surface area contributed by atoms with E-state index in [4.69, 9.17) is 4.84 Å². The summed E-state index contributed by atoms with van der Waals surface area (Å²) < 4.78 is 41.1. The van der Waals surface area contributed by atoms with Crippen LogP contribution >= 0.6 is 0 Å². The van der Waals surface area contributed by atoms with Crippen LogP contribution in [0.2, 0.25) is 0 Å². The minimum atomic E-state index is -4.72. The highest BCUT2D eigenvalue weighted by atomic mass is 19.4. The number of aromatic amines is 1. The SMILES string of the molecule is CN1C2CCC1CN(OCc1[nH]nc3ccc(OC(F)(F)F)cc13)C2. The highest BCUT2D eigenvalue weighted by Gasteiger charge is 2.38. The molecule has 1 aromatic carbocycles. The number of piperazine rings is 1. The molecule has 2 aliphatic rings. The number of aromatic nitrogens is 2. The first-order chi connectivity index (χ1) is 11.9. The zero-order valence-electron chi connectivity index (χ0n) is 13.7. The van der Waals surface area contributed by atoms with Crippen molar-refractivity contribution in [2.75, 3.05) is 20.1 Å².